The van der Waals surface area contributed by atoms with Crippen LogP contribution in [-0.2, 0) is 9.53 Å². The van der Waals surface area contributed by atoms with Crippen molar-refractivity contribution in [3.8, 4) is 0 Å². The van der Waals surface area contributed by atoms with E-state index in [9.17, 15) is 14.4 Å². The molecule has 31 heavy (non-hydrogen) atoms. The second-order valence-corrected chi connectivity index (χ2v) is 8.83. The molecule has 1 amide bonds. The van der Waals surface area contributed by atoms with Crippen LogP contribution in [0.5, 0.6) is 0 Å². The number of para-hydroxylation sites is 1. The number of fused-ring (bicyclic) bond motifs is 1. The lowest BCUT2D eigenvalue weighted by Gasteiger charge is -2.19. The molecule has 0 aliphatic rings. The fourth-order valence-electron chi connectivity index (χ4n) is 3.55. The number of esters is 1. The molecule has 1 atom stereocenters. The molecule has 0 saturated carbocycles. The molecule has 164 valence electrons. The van der Waals surface area contributed by atoms with Crippen LogP contribution in [0.3, 0.4) is 0 Å². The summed E-state index contributed by atoms with van der Waals surface area (Å²) in [4.78, 5) is 44.0. The molecule has 0 aliphatic carbocycles. The Bertz CT molecular complexity index is 1190. The molecule has 8 heteroatoms. The molecule has 1 unspecified atom stereocenters. The number of rotatable bonds is 6. The number of amides is 1. The van der Waals surface area contributed by atoms with Crippen LogP contribution in [0.1, 0.15) is 59.6 Å². The Morgan fingerprint density at radius 2 is 1.84 bits per heavy atom. The molecule has 1 aromatic carbocycles. The minimum absolute atomic E-state index is 0.264. The predicted octanol–water partition coefficient (Wildman–Crippen LogP) is 4.54. The van der Waals surface area contributed by atoms with Crippen LogP contribution >= 0.6 is 11.3 Å². The number of hydrogen-bond acceptors (Lipinski definition) is 6. The van der Waals surface area contributed by atoms with Crippen molar-refractivity contribution >= 4 is 39.1 Å². The van der Waals surface area contributed by atoms with Crippen LogP contribution in [0.15, 0.2) is 29.3 Å². The van der Waals surface area contributed by atoms with Gasteiger partial charge in [-0.2, -0.15) is 0 Å². The number of nitrogens with zero attached hydrogens (tertiary/aromatic N) is 2. The third-order valence-electron chi connectivity index (χ3n) is 5.16. The highest BCUT2D eigenvalue weighted by atomic mass is 32.1. The highest BCUT2D eigenvalue weighted by Gasteiger charge is 2.25. The molecular formula is C23H27N3O4S. The van der Waals surface area contributed by atoms with Gasteiger partial charge in [0, 0.05) is 5.69 Å². The molecule has 2 heterocycles. The number of nitrogens with one attached hydrogen (secondary N) is 1. The highest BCUT2D eigenvalue weighted by molar-refractivity contribution is 7.20. The lowest BCUT2D eigenvalue weighted by molar-refractivity contribution is -0.119. The van der Waals surface area contributed by atoms with E-state index in [1.165, 1.54) is 10.9 Å². The number of ether oxygens (including phenoxy) is 1. The summed E-state index contributed by atoms with van der Waals surface area (Å²) in [6.07, 6.45) is 1.53. The Balaban J connectivity index is 2.01. The molecule has 0 fully saturated rings. The Hall–Kier alpha value is -3.00. The van der Waals surface area contributed by atoms with Gasteiger partial charge in [-0.3, -0.25) is 14.2 Å². The smallest absolute Gasteiger partial charge is 0.348 e. The van der Waals surface area contributed by atoms with Gasteiger partial charge in [0.1, 0.15) is 15.7 Å². The molecule has 0 bridgehead atoms. The van der Waals surface area contributed by atoms with E-state index in [4.69, 9.17) is 4.74 Å². The van der Waals surface area contributed by atoms with Gasteiger partial charge in [-0.15, -0.1) is 11.3 Å². The van der Waals surface area contributed by atoms with Crippen molar-refractivity contribution < 1.29 is 14.3 Å². The van der Waals surface area contributed by atoms with Gasteiger partial charge >= 0.3 is 5.97 Å². The molecule has 0 spiro atoms. The highest BCUT2D eigenvalue weighted by Crippen LogP contribution is 2.29. The molecule has 7 nitrogen and oxygen atoms in total. The van der Waals surface area contributed by atoms with Crippen LogP contribution in [0.25, 0.3) is 10.2 Å². The van der Waals surface area contributed by atoms with E-state index >= 15 is 0 Å². The maximum atomic E-state index is 13.3. The number of hydrogen-bond donors (Lipinski definition) is 1. The number of thiophene rings is 1. The van der Waals surface area contributed by atoms with E-state index in [-0.39, 0.29) is 17.6 Å². The van der Waals surface area contributed by atoms with Crippen molar-refractivity contribution in [3.63, 3.8) is 0 Å². The zero-order chi connectivity index (χ0) is 22.9. The Kier molecular flexibility index (Phi) is 6.59. The summed E-state index contributed by atoms with van der Waals surface area (Å²) in [6.45, 7) is 10.9. The maximum absolute atomic E-state index is 13.3. The van der Waals surface area contributed by atoms with Crippen molar-refractivity contribution in [3.05, 3.63) is 56.4 Å². The monoisotopic (exact) mass is 441 g/mol. The number of anilines is 1. The van der Waals surface area contributed by atoms with Crippen LogP contribution < -0.4 is 10.9 Å². The van der Waals surface area contributed by atoms with E-state index in [0.717, 1.165) is 28.2 Å². The van der Waals surface area contributed by atoms with E-state index < -0.39 is 12.0 Å². The van der Waals surface area contributed by atoms with Crippen molar-refractivity contribution in [2.24, 2.45) is 0 Å². The molecule has 1 N–H and O–H groups in total. The van der Waals surface area contributed by atoms with Gasteiger partial charge in [-0.05, 0) is 57.7 Å². The number of aromatic nitrogens is 2. The zero-order valence-corrected chi connectivity index (χ0v) is 19.4. The fraction of sp³-hybridized carbons (Fsp3) is 0.391. The first-order chi connectivity index (χ1) is 14.6. The Morgan fingerprint density at radius 1 is 1.19 bits per heavy atom. The van der Waals surface area contributed by atoms with E-state index in [1.54, 1.807) is 20.8 Å². The molecule has 2 aromatic heterocycles. The third-order valence-corrected chi connectivity index (χ3v) is 6.34. The van der Waals surface area contributed by atoms with Crippen LogP contribution in [0.2, 0.25) is 0 Å². The van der Waals surface area contributed by atoms with Gasteiger partial charge in [0.2, 0.25) is 5.91 Å². The van der Waals surface area contributed by atoms with Crippen LogP contribution in [-0.4, -0.2) is 27.5 Å². The molecule has 0 saturated heterocycles. The normalized spacial score (nSPS) is 12.2. The number of aryl methyl sites for hydroxylation is 3. The van der Waals surface area contributed by atoms with Gasteiger partial charge in [0.15, 0.2) is 0 Å². The van der Waals surface area contributed by atoms with Crippen molar-refractivity contribution in [1.82, 2.24) is 9.55 Å². The molecule has 3 aromatic rings. The fourth-order valence-corrected chi connectivity index (χ4v) is 4.57. The number of carbonyl (C=O) groups is 2. The number of carbonyl (C=O) groups excluding carboxylic acids is 2. The average molecular weight is 442 g/mol. The van der Waals surface area contributed by atoms with Gasteiger partial charge in [-0.25, -0.2) is 9.78 Å². The first-order valence-electron chi connectivity index (χ1n) is 10.2. The van der Waals surface area contributed by atoms with Gasteiger partial charge in [-0.1, -0.05) is 25.1 Å². The summed E-state index contributed by atoms with van der Waals surface area (Å²) in [5.74, 6) is -0.753. The molecule has 3 rings (SSSR count). The SMILES string of the molecule is CCC(C(=O)Nc1c(C)cccc1C)n1cnc2sc(C(=O)OC(C)C)c(C)c2c1=O. The zero-order valence-electron chi connectivity index (χ0n) is 18.6. The van der Waals surface area contributed by atoms with Crippen molar-refractivity contribution in [2.75, 3.05) is 5.32 Å². The van der Waals surface area contributed by atoms with Gasteiger partial charge in [0.05, 0.1) is 17.8 Å². The quantitative estimate of drug-likeness (QED) is 0.567. The van der Waals surface area contributed by atoms with E-state index in [1.807, 2.05) is 39.0 Å². The van der Waals surface area contributed by atoms with Crippen LogP contribution in [0, 0.1) is 20.8 Å². The average Bonchev–Trinajstić information content (AvgIpc) is 3.04. The predicted molar refractivity (Wildman–Crippen MR) is 123 cm³/mol. The summed E-state index contributed by atoms with van der Waals surface area (Å²) >= 11 is 1.13. The summed E-state index contributed by atoms with van der Waals surface area (Å²) in [5, 5.41) is 3.31. The third kappa shape index (κ3) is 4.39. The van der Waals surface area contributed by atoms with Gasteiger partial charge < -0.3 is 10.1 Å². The largest absolute Gasteiger partial charge is 0.459 e. The minimum Gasteiger partial charge on any atom is -0.459 e. The molecular weight excluding hydrogens is 414 g/mol. The topological polar surface area (TPSA) is 90.3 Å². The summed E-state index contributed by atoms with van der Waals surface area (Å²) in [7, 11) is 0. The molecule has 0 aliphatic heterocycles. The first kappa shape index (κ1) is 22.7. The summed E-state index contributed by atoms with van der Waals surface area (Å²) in [5.41, 5.74) is 2.84. The van der Waals surface area contributed by atoms with Crippen molar-refractivity contribution in [1.29, 1.82) is 0 Å². The van der Waals surface area contributed by atoms with E-state index in [2.05, 4.69) is 10.3 Å². The Labute approximate surface area is 185 Å². The van der Waals surface area contributed by atoms with Crippen LogP contribution in [0.4, 0.5) is 5.69 Å². The maximum Gasteiger partial charge on any atom is 0.348 e. The Morgan fingerprint density at radius 3 is 2.42 bits per heavy atom. The lowest BCUT2D eigenvalue weighted by atomic mass is 10.1. The second-order valence-electron chi connectivity index (χ2n) is 7.83. The van der Waals surface area contributed by atoms with Gasteiger partial charge in [0.25, 0.3) is 5.56 Å². The lowest BCUT2D eigenvalue weighted by Crippen LogP contribution is -2.33. The summed E-state index contributed by atoms with van der Waals surface area (Å²) < 4.78 is 6.63. The number of benzene rings is 1. The summed E-state index contributed by atoms with van der Waals surface area (Å²) in [6, 6.07) is 5.06. The molecule has 0 radical (unpaired) electrons. The second kappa shape index (κ2) is 9.01. The minimum atomic E-state index is -0.728. The van der Waals surface area contributed by atoms with E-state index in [0.29, 0.717) is 27.1 Å². The first-order valence-corrected chi connectivity index (χ1v) is 11.1. The van der Waals surface area contributed by atoms with Crippen molar-refractivity contribution in [2.45, 2.75) is 60.1 Å². The standard InChI is InChI=1S/C23H27N3O4S/c1-7-16(20(27)25-18-13(4)9-8-10-14(18)5)26-11-24-21-17(22(26)28)15(6)19(31-21)23(29)30-12(2)3/h8-12,16H,7H2,1-6H3,(H,25,27).